The van der Waals surface area contributed by atoms with Gasteiger partial charge in [0, 0.05) is 91.0 Å². The van der Waals surface area contributed by atoms with E-state index < -0.39 is 0 Å². The summed E-state index contributed by atoms with van der Waals surface area (Å²) in [6.45, 7) is 2.19. The minimum atomic E-state index is -0.220. The van der Waals surface area contributed by atoms with E-state index in [9.17, 15) is 0 Å². The number of fused-ring (bicyclic) bond motifs is 2. The van der Waals surface area contributed by atoms with Gasteiger partial charge in [0.15, 0.2) is 0 Å². The van der Waals surface area contributed by atoms with Crippen molar-refractivity contribution in [1.82, 2.24) is 19.9 Å². The molecule has 2 fully saturated rings. The molecule has 6 aromatic rings. The van der Waals surface area contributed by atoms with Gasteiger partial charge in [0.05, 0.1) is 90.9 Å². The van der Waals surface area contributed by atoms with Crippen LogP contribution in [0.2, 0.25) is 20.1 Å². The van der Waals surface area contributed by atoms with Crippen molar-refractivity contribution >= 4 is 80.1 Å². The number of aromatic nitrogens is 4. The fraction of sp³-hybridized carbons (Fsp3) is 0.341. The number of hydrogen-bond donors (Lipinski definition) is 3. The van der Waals surface area contributed by atoms with Gasteiger partial charge in [0.2, 0.25) is 11.9 Å². The van der Waals surface area contributed by atoms with Crippen molar-refractivity contribution in [1.29, 1.82) is 0 Å². The number of azide groups is 1. The van der Waals surface area contributed by atoms with Crippen molar-refractivity contribution in [2.24, 2.45) is 10.8 Å². The SMILES string of the molecule is C.COc1cc(OC)c(Cl)c(-c2ccc3nc(N[C@@H]4COCC[C@@H]4N)ncc3c2)c1Cl.COc1cc(OC)c(Cl)c(-c2ccc3nc(N[C@@H]4COCC[C@@H]4N=[N+]=[N-])ncc3c2)c1Cl.[CH3-].[Pd]. The second-order valence-corrected chi connectivity index (χ2v) is 15.7. The van der Waals surface area contributed by atoms with Crippen LogP contribution in [0.1, 0.15) is 20.3 Å². The Bertz CT molecular complexity index is 2590. The molecule has 0 saturated carbocycles. The number of anilines is 2. The first kappa shape index (κ1) is 53.0. The first-order valence-electron chi connectivity index (χ1n) is 19.3. The number of nitrogens with one attached hydrogen (secondary N) is 2. The van der Waals surface area contributed by atoms with Crippen molar-refractivity contribution in [2.75, 3.05) is 65.5 Å². The van der Waals surface area contributed by atoms with Gasteiger partial charge in [-0.25, -0.2) is 19.9 Å². The Morgan fingerprint density at radius 2 is 1.09 bits per heavy atom. The largest absolute Gasteiger partial charge is 0.495 e. The van der Waals surface area contributed by atoms with Crippen LogP contribution in [0, 0.1) is 7.43 Å². The Morgan fingerprint density at radius 3 is 1.51 bits per heavy atom. The summed E-state index contributed by atoms with van der Waals surface area (Å²) < 4.78 is 32.4. The summed E-state index contributed by atoms with van der Waals surface area (Å²) in [4.78, 5) is 21.0. The van der Waals surface area contributed by atoms with Gasteiger partial charge in [-0.2, -0.15) is 0 Å². The van der Waals surface area contributed by atoms with E-state index in [0.29, 0.717) is 99.0 Å². The van der Waals surface area contributed by atoms with Crippen LogP contribution < -0.4 is 35.3 Å². The number of nitrogens with zero attached hydrogens (tertiary/aromatic N) is 7. The van der Waals surface area contributed by atoms with Gasteiger partial charge in [0.25, 0.3) is 0 Å². The maximum atomic E-state index is 8.79. The monoisotopic (exact) mass is 1060 g/mol. The Labute approximate surface area is 411 Å². The molecule has 350 valence electrons. The summed E-state index contributed by atoms with van der Waals surface area (Å²) in [5.74, 6) is 2.83. The van der Waals surface area contributed by atoms with E-state index in [1.54, 1.807) is 38.7 Å². The maximum Gasteiger partial charge on any atom is 0.223 e. The van der Waals surface area contributed by atoms with Crippen LogP contribution in [-0.2, 0) is 29.9 Å². The Balaban J connectivity index is 0.000000272. The summed E-state index contributed by atoms with van der Waals surface area (Å²) >= 11 is 26.2. The number of nitrogens with two attached hydrogens (primary N) is 1. The van der Waals surface area contributed by atoms with Crippen molar-refractivity contribution < 1.29 is 48.8 Å². The summed E-state index contributed by atoms with van der Waals surface area (Å²) in [6.07, 6.45) is 4.91. The Hall–Kier alpha value is -4.63. The average molecular weight is 1060 g/mol. The zero-order chi connectivity index (χ0) is 43.9. The minimum absolute atomic E-state index is 0. The van der Waals surface area contributed by atoms with E-state index in [1.165, 1.54) is 14.2 Å². The molecule has 2 aliphatic rings. The molecule has 0 aliphatic carbocycles. The van der Waals surface area contributed by atoms with Crippen molar-refractivity contribution in [3.63, 3.8) is 0 Å². The van der Waals surface area contributed by atoms with Gasteiger partial charge in [0.1, 0.15) is 23.0 Å². The normalized spacial score (nSPS) is 17.7. The molecule has 4 atom stereocenters. The van der Waals surface area contributed by atoms with Crippen molar-refractivity contribution in [3.8, 4) is 45.3 Å². The van der Waals surface area contributed by atoms with E-state index in [2.05, 4.69) is 40.6 Å². The second-order valence-electron chi connectivity index (χ2n) is 14.2. The molecule has 4 N–H and O–H groups in total. The Morgan fingerprint density at radius 1 is 0.677 bits per heavy atom. The number of hydrogen-bond acceptors (Lipinski definition) is 14. The quantitative estimate of drug-likeness (QED) is 0.0364. The molecule has 2 saturated heterocycles. The molecule has 0 radical (unpaired) electrons. The molecule has 16 nitrogen and oxygen atoms in total. The van der Waals surface area contributed by atoms with Crippen molar-refractivity contribution in [2.45, 2.75) is 44.4 Å². The number of rotatable bonds is 11. The molecule has 0 unspecified atom stereocenters. The van der Waals surface area contributed by atoms with Gasteiger partial charge in [-0.1, -0.05) is 71.1 Å². The van der Waals surface area contributed by atoms with E-state index in [4.69, 9.17) is 86.1 Å². The van der Waals surface area contributed by atoms with Crippen LogP contribution in [0.3, 0.4) is 0 Å². The van der Waals surface area contributed by atoms with Gasteiger partial charge >= 0.3 is 0 Å². The van der Waals surface area contributed by atoms with Crippen molar-refractivity contribution in [3.05, 3.63) is 98.9 Å². The zero-order valence-corrected chi connectivity index (χ0v) is 39.9. The van der Waals surface area contributed by atoms with Crippen LogP contribution in [0.4, 0.5) is 11.9 Å². The van der Waals surface area contributed by atoms with E-state index in [-0.39, 0.29) is 59.4 Å². The smallest absolute Gasteiger partial charge is 0.223 e. The zero-order valence-electron chi connectivity index (χ0n) is 35.3. The molecule has 4 heterocycles. The molecule has 0 spiro atoms. The van der Waals surface area contributed by atoms with Crippen LogP contribution in [0.15, 0.2) is 66.0 Å². The summed E-state index contributed by atoms with van der Waals surface area (Å²) in [5, 5.41) is 13.6. The molecular weight excluding hydrogens is 1010 g/mol. The third-order valence-corrected chi connectivity index (χ3v) is 11.9. The average Bonchev–Trinajstić information content (AvgIpc) is 3.28. The molecule has 4 aromatic carbocycles. The molecule has 8 rings (SSSR count). The standard InChI is InChI=1S/C21H20Cl2N6O3.C21H22Cl2N4O3.CH4.CH3.Pd/c1-30-16-8-17(31-2)20(23)18(19(16)22)11-3-4-13-12(7-11)9-25-21(26-13)27-15-10-32-6-5-14(15)28-29-24;1-28-16-8-17(29-2)20(23)18(19(16)22)11-3-4-14-12(7-11)9-25-21(26-14)27-15-10-30-6-5-13(15)24;;;/h3-4,7-9,14-15H,5-6,10H2,1-2H3,(H,25,26,27);3-4,7-9,13,15H,5-6,10,24H2,1-2H3,(H,25,26,27);1H4;1H3;/q;;;-1;/t14-,15+;13-,15+;;;/m00.../s1. The summed E-state index contributed by atoms with van der Waals surface area (Å²) in [6, 6.07) is 14.2. The molecular formula is C44H49Cl4N10O6Pd-. The fourth-order valence-electron chi connectivity index (χ4n) is 7.10. The van der Waals surface area contributed by atoms with Gasteiger partial charge in [-0.3, -0.25) is 0 Å². The van der Waals surface area contributed by atoms with E-state index >= 15 is 0 Å². The summed E-state index contributed by atoms with van der Waals surface area (Å²) in [5.41, 5.74) is 19.3. The molecule has 2 aliphatic heterocycles. The molecule has 2 aromatic heterocycles. The first-order valence-corrected chi connectivity index (χ1v) is 20.8. The summed E-state index contributed by atoms with van der Waals surface area (Å²) in [7, 11) is 6.16. The third kappa shape index (κ3) is 11.9. The van der Waals surface area contributed by atoms with Crippen LogP contribution in [-0.4, -0.2) is 99.0 Å². The van der Waals surface area contributed by atoms with E-state index in [0.717, 1.165) is 39.4 Å². The van der Waals surface area contributed by atoms with Crippen LogP contribution >= 0.6 is 46.4 Å². The number of benzene rings is 4. The first-order chi connectivity index (χ1) is 30.1. The number of methoxy groups -OCH3 is 4. The number of halogens is 4. The Kier molecular flexibility index (Phi) is 19.8. The molecule has 0 amide bonds. The third-order valence-electron chi connectivity index (χ3n) is 10.4. The van der Waals surface area contributed by atoms with Crippen LogP contribution in [0.5, 0.6) is 23.0 Å². The predicted octanol–water partition coefficient (Wildman–Crippen LogP) is 10.7. The maximum absolute atomic E-state index is 8.79. The molecule has 21 heteroatoms. The fourth-order valence-corrected chi connectivity index (χ4v) is 8.54. The van der Waals surface area contributed by atoms with E-state index in [1.807, 2.05) is 36.4 Å². The van der Waals surface area contributed by atoms with Gasteiger partial charge in [-0.15, -0.1) is 0 Å². The molecule has 0 bridgehead atoms. The minimum Gasteiger partial charge on any atom is -0.495 e. The molecule has 65 heavy (non-hydrogen) atoms. The topological polar surface area (TPSA) is 206 Å². The van der Waals surface area contributed by atoms with Gasteiger partial charge < -0.3 is 52.2 Å². The number of ether oxygens (including phenoxy) is 6. The van der Waals surface area contributed by atoms with Crippen LogP contribution in [0.25, 0.3) is 54.5 Å². The predicted molar refractivity (Wildman–Crippen MR) is 256 cm³/mol. The van der Waals surface area contributed by atoms with Gasteiger partial charge in [-0.05, 0) is 53.8 Å². The second kappa shape index (κ2) is 24.2.